The van der Waals surface area contributed by atoms with Gasteiger partial charge in [0.1, 0.15) is 5.75 Å². The molecule has 2 aromatic rings. The van der Waals surface area contributed by atoms with Crippen molar-refractivity contribution in [2.45, 2.75) is 26.9 Å². The molecule has 5 nitrogen and oxygen atoms in total. The van der Waals surface area contributed by atoms with Gasteiger partial charge >= 0.3 is 5.97 Å². The van der Waals surface area contributed by atoms with Crippen LogP contribution < -0.4 is 10.1 Å². The quantitative estimate of drug-likeness (QED) is 0.560. The minimum absolute atomic E-state index is 0.190. The van der Waals surface area contributed by atoms with E-state index in [4.69, 9.17) is 9.47 Å². The first-order valence-corrected chi connectivity index (χ1v) is 8.57. The Bertz CT molecular complexity index is 853. The number of anilines is 1. The van der Waals surface area contributed by atoms with Crippen molar-refractivity contribution in [3.8, 4) is 5.75 Å². The van der Waals surface area contributed by atoms with Crippen molar-refractivity contribution >= 4 is 17.6 Å². The molecular weight excluding hydrogens is 375 g/mol. The molecule has 0 aliphatic heterocycles. The molecule has 2 rings (SSSR count). The van der Waals surface area contributed by atoms with Crippen LogP contribution in [-0.4, -0.2) is 24.6 Å². The van der Waals surface area contributed by atoms with Gasteiger partial charge in [-0.1, -0.05) is 13.8 Å². The van der Waals surface area contributed by atoms with E-state index in [0.717, 1.165) is 6.07 Å². The summed E-state index contributed by atoms with van der Waals surface area (Å²) in [6, 6.07) is 7.71. The predicted molar refractivity (Wildman–Crippen MR) is 96.6 cm³/mol. The second-order valence-corrected chi connectivity index (χ2v) is 6.49. The number of halogens is 3. The molecule has 2 aromatic carbocycles. The Morgan fingerprint density at radius 1 is 0.964 bits per heavy atom. The number of carbonyl (C=O) groups excluding carboxylic acids is 2. The number of ether oxygens (including phenoxy) is 2. The number of amides is 1. The molecule has 0 bridgehead atoms. The third-order valence-corrected chi connectivity index (χ3v) is 3.62. The summed E-state index contributed by atoms with van der Waals surface area (Å²) < 4.78 is 50.3. The number of carbonyl (C=O) groups is 2. The summed E-state index contributed by atoms with van der Waals surface area (Å²) in [6.07, 6.45) is -1.29. The van der Waals surface area contributed by atoms with Crippen molar-refractivity contribution in [1.82, 2.24) is 0 Å². The molecule has 28 heavy (non-hydrogen) atoms. The zero-order valence-corrected chi connectivity index (χ0v) is 15.6. The highest BCUT2D eigenvalue weighted by Crippen LogP contribution is 2.20. The van der Waals surface area contributed by atoms with Crippen molar-refractivity contribution in [3.05, 3.63) is 59.4 Å². The van der Waals surface area contributed by atoms with E-state index in [1.807, 2.05) is 13.8 Å². The SMILES string of the molecule is CC(C)COc1ccc(C(=O)O[C@H](C)C(=O)Nc2ccc(F)c(F)c2F)cc1. The second kappa shape index (κ2) is 9.25. The first-order chi connectivity index (χ1) is 13.2. The van der Waals surface area contributed by atoms with Crippen LogP contribution >= 0.6 is 0 Å². The molecule has 0 saturated heterocycles. The summed E-state index contributed by atoms with van der Waals surface area (Å²) in [7, 11) is 0. The summed E-state index contributed by atoms with van der Waals surface area (Å²) in [4.78, 5) is 24.2. The summed E-state index contributed by atoms with van der Waals surface area (Å²) in [5, 5.41) is 2.05. The van der Waals surface area contributed by atoms with Gasteiger partial charge in [0.15, 0.2) is 23.6 Å². The van der Waals surface area contributed by atoms with Crippen molar-refractivity contribution in [1.29, 1.82) is 0 Å². The first-order valence-electron chi connectivity index (χ1n) is 8.57. The summed E-state index contributed by atoms with van der Waals surface area (Å²) >= 11 is 0. The lowest BCUT2D eigenvalue weighted by molar-refractivity contribution is -0.123. The standard InChI is InChI=1S/C20H20F3NO4/c1-11(2)10-27-14-6-4-13(5-7-14)20(26)28-12(3)19(25)24-16-9-8-15(21)17(22)18(16)23/h4-9,11-12H,10H2,1-3H3,(H,24,25)/t12-/m1/s1. The molecular formula is C20H20F3NO4. The van der Waals surface area contributed by atoms with Crippen LogP contribution in [0.15, 0.2) is 36.4 Å². The minimum Gasteiger partial charge on any atom is -0.493 e. The molecule has 0 heterocycles. The molecule has 0 fully saturated rings. The number of hydrogen-bond donors (Lipinski definition) is 1. The number of hydrogen-bond acceptors (Lipinski definition) is 4. The van der Waals surface area contributed by atoms with Gasteiger partial charge in [0, 0.05) is 0 Å². The molecule has 0 spiro atoms. The zero-order chi connectivity index (χ0) is 20.8. The zero-order valence-electron chi connectivity index (χ0n) is 15.6. The minimum atomic E-state index is -1.71. The molecule has 150 valence electrons. The maximum Gasteiger partial charge on any atom is 0.338 e. The fourth-order valence-corrected chi connectivity index (χ4v) is 2.09. The lowest BCUT2D eigenvalue weighted by atomic mass is 10.2. The van der Waals surface area contributed by atoms with Gasteiger partial charge in [0.2, 0.25) is 0 Å². The van der Waals surface area contributed by atoms with Gasteiger partial charge in [-0.15, -0.1) is 0 Å². The Labute approximate surface area is 160 Å². The fourth-order valence-electron chi connectivity index (χ4n) is 2.09. The fraction of sp³-hybridized carbons (Fsp3) is 0.300. The molecule has 0 saturated carbocycles. The molecule has 1 atom stereocenters. The Balaban J connectivity index is 1.96. The highest BCUT2D eigenvalue weighted by molar-refractivity contribution is 5.97. The van der Waals surface area contributed by atoms with Gasteiger partial charge in [-0.2, -0.15) is 0 Å². The van der Waals surface area contributed by atoms with Crippen LogP contribution in [0.2, 0.25) is 0 Å². The van der Waals surface area contributed by atoms with Crippen molar-refractivity contribution < 1.29 is 32.2 Å². The third kappa shape index (κ3) is 5.48. The molecule has 8 heteroatoms. The Morgan fingerprint density at radius 2 is 1.61 bits per heavy atom. The Hall–Kier alpha value is -3.03. The largest absolute Gasteiger partial charge is 0.493 e. The molecule has 0 radical (unpaired) electrons. The monoisotopic (exact) mass is 395 g/mol. The van der Waals surface area contributed by atoms with E-state index >= 15 is 0 Å². The lowest BCUT2D eigenvalue weighted by Gasteiger charge is -2.14. The Morgan fingerprint density at radius 3 is 2.21 bits per heavy atom. The van der Waals surface area contributed by atoms with Gasteiger partial charge in [-0.3, -0.25) is 4.79 Å². The number of nitrogens with one attached hydrogen (secondary N) is 1. The van der Waals surface area contributed by atoms with E-state index in [-0.39, 0.29) is 5.56 Å². The summed E-state index contributed by atoms with van der Waals surface area (Å²) in [5.41, 5.74) is -0.367. The maximum absolute atomic E-state index is 13.6. The van der Waals surface area contributed by atoms with E-state index in [9.17, 15) is 22.8 Å². The Kier molecular flexibility index (Phi) is 7.03. The highest BCUT2D eigenvalue weighted by atomic mass is 19.2. The summed E-state index contributed by atoms with van der Waals surface area (Å²) in [5.74, 6) is -5.35. The number of rotatable bonds is 7. The van der Waals surface area contributed by atoms with E-state index in [1.54, 1.807) is 12.1 Å². The van der Waals surface area contributed by atoms with Crippen LogP contribution in [0.4, 0.5) is 18.9 Å². The second-order valence-electron chi connectivity index (χ2n) is 6.49. The normalized spacial score (nSPS) is 11.8. The third-order valence-electron chi connectivity index (χ3n) is 3.62. The number of benzene rings is 2. The first kappa shape index (κ1) is 21.3. The average Bonchev–Trinajstić information content (AvgIpc) is 2.67. The van der Waals surface area contributed by atoms with Gasteiger partial charge in [0.05, 0.1) is 17.9 Å². The topological polar surface area (TPSA) is 64.6 Å². The van der Waals surface area contributed by atoms with E-state index in [1.165, 1.54) is 19.1 Å². The van der Waals surface area contributed by atoms with Crippen molar-refractivity contribution in [3.63, 3.8) is 0 Å². The predicted octanol–water partition coefficient (Wildman–Crippen LogP) is 4.32. The maximum atomic E-state index is 13.6. The smallest absolute Gasteiger partial charge is 0.338 e. The molecule has 0 aliphatic carbocycles. The van der Waals surface area contributed by atoms with Crippen molar-refractivity contribution in [2.24, 2.45) is 5.92 Å². The van der Waals surface area contributed by atoms with Crippen LogP contribution in [0.3, 0.4) is 0 Å². The van der Waals surface area contributed by atoms with Crippen molar-refractivity contribution in [2.75, 3.05) is 11.9 Å². The molecule has 0 aromatic heterocycles. The van der Waals surface area contributed by atoms with Gasteiger partial charge in [-0.05, 0) is 49.2 Å². The van der Waals surface area contributed by atoms with E-state index < -0.39 is 41.1 Å². The van der Waals surface area contributed by atoms with Gasteiger partial charge in [0.25, 0.3) is 5.91 Å². The van der Waals surface area contributed by atoms with Crippen LogP contribution in [0.25, 0.3) is 0 Å². The average molecular weight is 395 g/mol. The van der Waals surface area contributed by atoms with Crippen LogP contribution in [-0.2, 0) is 9.53 Å². The lowest BCUT2D eigenvalue weighted by Crippen LogP contribution is -2.30. The van der Waals surface area contributed by atoms with Crippen LogP contribution in [0, 0.1) is 23.4 Å². The van der Waals surface area contributed by atoms with Crippen LogP contribution in [0.1, 0.15) is 31.1 Å². The molecule has 1 amide bonds. The van der Waals surface area contributed by atoms with Gasteiger partial charge < -0.3 is 14.8 Å². The van der Waals surface area contributed by atoms with Crippen LogP contribution in [0.5, 0.6) is 5.75 Å². The molecule has 1 N–H and O–H groups in total. The summed E-state index contributed by atoms with van der Waals surface area (Å²) in [6.45, 7) is 5.81. The van der Waals surface area contributed by atoms with E-state index in [0.29, 0.717) is 24.3 Å². The molecule has 0 aliphatic rings. The number of esters is 1. The highest BCUT2D eigenvalue weighted by Gasteiger charge is 2.22. The molecule has 0 unspecified atom stereocenters. The van der Waals surface area contributed by atoms with E-state index in [2.05, 4.69) is 5.32 Å². The van der Waals surface area contributed by atoms with Gasteiger partial charge in [-0.25, -0.2) is 18.0 Å².